The van der Waals surface area contributed by atoms with Gasteiger partial charge in [-0.05, 0) is 16.2 Å². The molecule has 25 heavy (non-hydrogen) atoms. The fourth-order valence-corrected chi connectivity index (χ4v) is 6.79. The fourth-order valence-electron chi connectivity index (χ4n) is 1.05. The molecule has 0 bridgehead atoms. The van der Waals surface area contributed by atoms with Crippen molar-refractivity contribution in [3.63, 3.8) is 0 Å². The topological polar surface area (TPSA) is 112 Å². The Hall–Kier alpha value is 0.249. The number of hydrogen-bond acceptors (Lipinski definition) is 9. The van der Waals surface area contributed by atoms with Gasteiger partial charge in [-0.1, -0.05) is 83.0 Å². The average molecular weight is 500 g/mol. The van der Waals surface area contributed by atoms with Crippen LogP contribution in [0.15, 0.2) is 34.5 Å². The van der Waals surface area contributed by atoms with Crippen molar-refractivity contribution in [1.82, 2.24) is 0 Å². The summed E-state index contributed by atoms with van der Waals surface area (Å²) in [4.78, 5) is 30.3. The largest absolute Gasteiger partial charge is 0.480 e. The minimum atomic E-state index is -0.753. The van der Waals surface area contributed by atoms with Crippen LogP contribution in [0, 0.1) is 0 Å². The molecular weight excluding hydrogens is 488 g/mol. The zero-order chi connectivity index (χ0) is 17.9. The molecule has 3 aliphatic heterocycles. The molecule has 0 fully saturated rings. The standard InChI is InChI=1S/3C4H4O2S2.Fe/c3*5-4(6)3-1-2-7-8-3;/h3*1-3H,(H,5,6);. The van der Waals surface area contributed by atoms with E-state index in [1.54, 1.807) is 34.5 Å². The summed E-state index contributed by atoms with van der Waals surface area (Å²) in [6, 6.07) is 0. The number of aliphatic carboxylic acids is 3. The van der Waals surface area contributed by atoms with Gasteiger partial charge < -0.3 is 15.3 Å². The predicted octanol–water partition coefficient (Wildman–Crippen LogP) is 4.04. The molecule has 3 N–H and O–H groups in total. The summed E-state index contributed by atoms with van der Waals surface area (Å²) in [6.45, 7) is 0. The minimum absolute atomic E-state index is 0. The molecule has 3 atom stereocenters. The minimum Gasteiger partial charge on any atom is -0.480 e. The van der Waals surface area contributed by atoms with Crippen molar-refractivity contribution >= 4 is 82.7 Å². The van der Waals surface area contributed by atoms with Crippen molar-refractivity contribution in [2.75, 3.05) is 0 Å². The Morgan fingerprint density at radius 1 is 0.600 bits per heavy atom. The quantitative estimate of drug-likeness (QED) is 0.384. The number of rotatable bonds is 3. The van der Waals surface area contributed by atoms with Gasteiger partial charge in [-0.25, -0.2) is 0 Å². The van der Waals surface area contributed by atoms with Crippen LogP contribution in [-0.4, -0.2) is 49.0 Å². The van der Waals surface area contributed by atoms with Crippen molar-refractivity contribution < 1.29 is 46.8 Å². The molecule has 0 radical (unpaired) electrons. The molecule has 0 saturated heterocycles. The summed E-state index contributed by atoms with van der Waals surface area (Å²) in [7, 11) is 8.47. The van der Waals surface area contributed by atoms with E-state index >= 15 is 0 Å². The van der Waals surface area contributed by atoms with Crippen molar-refractivity contribution in [3.05, 3.63) is 34.5 Å². The maximum Gasteiger partial charge on any atom is 0.321 e. The van der Waals surface area contributed by atoms with Crippen molar-refractivity contribution in [3.8, 4) is 0 Å². The van der Waals surface area contributed by atoms with Crippen molar-refractivity contribution in [2.24, 2.45) is 0 Å². The van der Waals surface area contributed by atoms with Crippen molar-refractivity contribution in [1.29, 1.82) is 0 Å². The van der Waals surface area contributed by atoms with Crippen LogP contribution in [0.25, 0.3) is 0 Å². The van der Waals surface area contributed by atoms with Crippen LogP contribution in [0.5, 0.6) is 0 Å². The third-order valence-electron chi connectivity index (χ3n) is 2.13. The first-order valence-corrected chi connectivity index (χ1v) is 12.9. The van der Waals surface area contributed by atoms with Gasteiger partial charge in [-0.3, -0.25) is 14.4 Å². The molecule has 3 heterocycles. The van der Waals surface area contributed by atoms with Crippen molar-refractivity contribution in [2.45, 2.75) is 15.7 Å². The molecule has 0 aromatic rings. The number of carbonyl (C=O) groups is 3. The maximum atomic E-state index is 10.1. The summed E-state index contributed by atoms with van der Waals surface area (Å²) in [6.07, 6.45) is 5.03. The first kappa shape index (κ1) is 25.2. The summed E-state index contributed by atoms with van der Waals surface area (Å²) < 4.78 is 0. The number of carboxylic acid groups (broad SMARTS) is 3. The van der Waals surface area contributed by atoms with Crippen LogP contribution >= 0.6 is 64.8 Å². The Bertz CT molecular complexity index is 478. The number of hydrogen-bond donors (Lipinski definition) is 3. The normalized spacial score (nSPS) is 25.2. The van der Waals surface area contributed by atoms with Crippen LogP contribution in [-0.2, 0) is 31.5 Å². The van der Waals surface area contributed by atoms with Gasteiger partial charge in [-0.15, -0.1) is 0 Å². The number of carboxylic acids is 3. The molecule has 3 rings (SSSR count). The van der Waals surface area contributed by atoms with Gasteiger partial charge in [0, 0.05) is 17.1 Å². The molecule has 0 amide bonds. The van der Waals surface area contributed by atoms with Crippen LogP contribution in [0.4, 0.5) is 0 Å². The SMILES string of the molecule is O=C(O)C1C=CSS1.O=C(O)C1C=CSS1.O=C(O)C1C=CSS1.[Fe]. The van der Waals surface area contributed by atoms with E-state index in [1.807, 2.05) is 0 Å². The van der Waals surface area contributed by atoms with E-state index in [1.165, 1.54) is 64.8 Å². The van der Waals surface area contributed by atoms with Gasteiger partial charge in [0.2, 0.25) is 0 Å². The van der Waals surface area contributed by atoms with Gasteiger partial charge in [0.25, 0.3) is 0 Å². The van der Waals surface area contributed by atoms with Gasteiger partial charge >= 0.3 is 17.9 Å². The van der Waals surface area contributed by atoms with Gasteiger partial charge in [-0.2, -0.15) is 0 Å². The Labute approximate surface area is 178 Å². The van der Waals surface area contributed by atoms with E-state index in [0.29, 0.717) is 0 Å². The Morgan fingerprint density at radius 3 is 0.920 bits per heavy atom. The van der Waals surface area contributed by atoms with E-state index < -0.39 is 17.9 Å². The van der Waals surface area contributed by atoms with Gasteiger partial charge in [0.1, 0.15) is 15.7 Å². The van der Waals surface area contributed by atoms with E-state index in [9.17, 15) is 14.4 Å². The third kappa shape index (κ3) is 10.9. The molecule has 3 aliphatic rings. The molecular formula is C12H12FeO6S6. The molecule has 13 heteroatoms. The predicted molar refractivity (Wildman–Crippen MR) is 107 cm³/mol. The fraction of sp³-hybridized carbons (Fsp3) is 0.250. The molecule has 0 spiro atoms. The Kier molecular flexibility index (Phi) is 14.5. The second-order valence-electron chi connectivity index (χ2n) is 3.84. The second-order valence-corrected chi connectivity index (χ2v) is 10.8. The third-order valence-corrected chi connectivity index (χ3v) is 8.84. The van der Waals surface area contributed by atoms with Crippen LogP contribution in [0.3, 0.4) is 0 Å². The van der Waals surface area contributed by atoms with E-state index in [0.717, 1.165) is 0 Å². The Morgan fingerprint density at radius 2 is 0.840 bits per heavy atom. The second kappa shape index (κ2) is 14.3. The first-order chi connectivity index (χ1) is 11.4. The zero-order valence-electron chi connectivity index (χ0n) is 12.1. The van der Waals surface area contributed by atoms with Crippen LogP contribution in [0.1, 0.15) is 0 Å². The van der Waals surface area contributed by atoms with E-state index in [4.69, 9.17) is 15.3 Å². The molecule has 0 aliphatic carbocycles. The molecule has 0 aromatic heterocycles. The monoisotopic (exact) mass is 500 g/mol. The summed E-state index contributed by atoms with van der Waals surface area (Å²) in [5.74, 6) is -2.26. The molecule has 3 unspecified atom stereocenters. The average Bonchev–Trinajstić information content (AvgIpc) is 3.29. The molecule has 140 valence electrons. The maximum absolute atomic E-state index is 10.1. The first-order valence-electron chi connectivity index (χ1n) is 6.06. The molecule has 0 saturated carbocycles. The zero-order valence-corrected chi connectivity index (χ0v) is 18.1. The van der Waals surface area contributed by atoms with E-state index in [2.05, 4.69) is 0 Å². The molecule has 6 nitrogen and oxygen atoms in total. The smallest absolute Gasteiger partial charge is 0.321 e. The summed E-state index contributed by atoms with van der Waals surface area (Å²) in [5, 5.41) is 29.4. The Balaban J connectivity index is 0.000000339. The summed E-state index contributed by atoms with van der Waals surface area (Å²) in [5.41, 5.74) is 0. The van der Waals surface area contributed by atoms with Gasteiger partial charge in [0.15, 0.2) is 0 Å². The van der Waals surface area contributed by atoms with Crippen LogP contribution < -0.4 is 0 Å². The molecule has 0 aromatic carbocycles. The van der Waals surface area contributed by atoms with E-state index in [-0.39, 0.29) is 32.8 Å². The van der Waals surface area contributed by atoms with Gasteiger partial charge in [0.05, 0.1) is 0 Å². The van der Waals surface area contributed by atoms with Crippen LogP contribution in [0.2, 0.25) is 0 Å². The summed E-state index contributed by atoms with van der Waals surface area (Å²) >= 11 is 0.